The van der Waals surface area contributed by atoms with E-state index in [4.69, 9.17) is 21.1 Å². The number of ether oxygens (including phenoxy) is 2. The summed E-state index contributed by atoms with van der Waals surface area (Å²) in [5, 5.41) is 0.362. The van der Waals surface area contributed by atoms with Crippen molar-refractivity contribution in [3.63, 3.8) is 0 Å². The van der Waals surface area contributed by atoms with Crippen LogP contribution in [0.15, 0.2) is 36.7 Å². The van der Waals surface area contributed by atoms with Crippen molar-refractivity contribution in [1.29, 1.82) is 0 Å². The Morgan fingerprint density at radius 3 is 2.70 bits per heavy atom. The maximum Gasteiger partial charge on any atom is 0.179 e. The van der Waals surface area contributed by atoms with Gasteiger partial charge in [-0.1, -0.05) is 11.6 Å². The van der Waals surface area contributed by atoms with Gasteiger partial charge in [0.2, 0.25) is 0 Å². The zero-order valence-corrected chi connectivity index (χ0v) is 11.8. The van der Waals surface area contributed by atoms with E-state index in [1.54, 1.807) is 24.5 Å². The van der Waals surface area contributed by atoms with E-state index in [1.807, 2.05) is 12.1 Å². The van der Waals surface area contributed by atoms with Gasteiger partial charge in [0.1, 0.15) is 6.29 Å². The van der Waals surface area contributed by atoms with E-state index < -0.39 is 0 Å². The van der Waals surface area contributed by atoms with Crippen molar-refractivity contribution in [3.8, 4) is 11.5 Å². The Morgan fingerprint density at radius 1 is 1.30 bits per heavy atom. The highest BCUT2D eigenvalue weighted by Crippen LogP contribution is 2.36. The monoisotopic (exact) mass is 291 g/mol. The average Bonchev–Trinajstić information content (AvgIpc) is 2.49. The Morgan fingerprint density at radius 2 is 2.05 bits per heavy atom. The van der Waals surface area contributed by atoms with Crippen molar-refractivity contribution in [3.05, 3.63) is 52.8 Å². The largest absolute Gasteiger partial charge is 0.493 e. The van der Waals surface area contributed by atoms with E-state index in [1.165, 1.54) is 7.11 Å². The van der Waals surface area contributed by atoms with Crippen LogP contribution in [0.2, 0.25) is 5.02 Å². The second kappa shape index (κ2) is 6.91. The highest BCUT2D eigenvalue weighted by molar-refractivity contribution is 6.32. The van der Waals surface area contributed by atoms with Gasteiger partial charge in [0.05, 0.1) is 18.7 Å². The molecule has 2 rings (SSSR count). The molecule has 5 heteroatoms. The number of carbonyl (C=O) groups is 1. The first-order valence-corrected chi connectivity index (χ1v) is 6.47. The molecule has 20 heavy (non-hydrogen) atoms. The summed E-state index contributed by atoms with van der Waals surface area (Å²) in [6.45, 7) is 0.459. The molecule has 0 atom stereocenters. The normalized spacial score (nSPS) is 10.1. The topological polar surface area (TPSA) is 48.4 Å². The summed E-state index contributed by atoms with van der Waals surface area (Å²) in [6, 6.07) is 7.01. The van der Waals surface area contributed by atoms with Crippen molar-refractivity contribution in [2.75, 3.05) is 13.7 Å². The molecule has 0 aliphatic carbocycles. The molecule has 1 aromatic carbocycles. The van der Waals surface area contributed by atoms with Gasteiger partial charge in [-0.25, -0.2) is 0 Å². The number of aldehydes is 1. The number of nitrogens with zero attached hydrogens (tertiary/aromatic N) is 1. The highest BCUT2D eigenvalue weighted by Gasteiger charge is 2.11. The summed E-state index contributed by atoms with van der Waals surface area (Å²) in [5.74, 6) is 0.906. The van der Waals surface area contributed by atoms with E-state index in [9.17, 15) is 4.79 Å². The third kappa shape index (κ3) is 3.48. The fourth-order valence-corrected chi connectivity index (χ4v) is 2.04. The first-order valence-electron chi connectivity index (χ1n) is 6.09. The summed E-state index contributed by atoms with van der Waals surface area (Å²) in [4.78, 5) is 14.7. The molecule has 0 saturated heterocycles. The molecule has 2 aromatic rings. The van der Waals surface area contributed by atoms with E-state index in [0.29, 0.717) is 28.7 Å². The Labute approximate surface area is 122 Å². The Bertz CT molecular complexity index is 587. The second-order valence-electron chi connectivity index (χ2n) is 4.11. The molecule has 4 nitrogen and oxygen atoms in total. The number of methoxy groups -OCH3 is 1. The van der Waals surface area contributed by atoms with Gasteiger partial charge in [0.15, 0.2) is 11.5 Å². The van der Waals surface area contributed by atoms with Crippen LogP contribution in [0.25, 0.3) is 0 Å². The van der Waals surface area contributed by atoms with Crippen LogP contribution in [0.1, 0.15) is 15.9 Å². The van der Waals surface area contributed by atoms with Crippen LogP contribution in [-0.4, -0.2) is 25.0 Å². The van der Waals surface area contributed by atoms with E-state index in [-0.39, 0.29) is 0 Å². The molecule has 1 aromatic heterocycles. The number of hydrogen-bond acceptors (Lipinski definition) is 4. The van der Waals surface area contributed by atoms with Gasteiger partial charge in [-0.2, -0.15) is 0 Å². The minimum Gasteiger partial charge on any atom is -0.493 e. The van der Waals surface area contributed by atoms with Gasteiger partial charge < -0.3 is 9.47 Å². The first kappa shape index (κ1) is 14.3. The van der Waals surface area contributed by atoms with Crippen molar-refractivity contribution in [2.45, 2.75) is 6.42 Å². The summed E-state index contributed by atoms with van der Waals surface area (Å²) < 4.78 is 10.9. The summed E-state index contributed by atoms with van der Waals surface area (Å²) in [6.07, 6.45) is 4.93. The molecule has 0 aliphatic rings. The number of pyridine rings is 1. The lowest BCUT2D eigenvalue weighted by molar-refractivity contribution is 0.112. The average molecular weight is 292 g/mol. The standard InChI is InChI=1S/C15H14ClNO3/c1-19-14-9-12(10-18)8-13(16)15(14)20-7-4-11-2-5-17-6-3-11/h2-3,5-6,8-10H,4,7H2,1H3. The smallest absolute Gasteiger partial charge is 0.179 e. The zero-order valence-electron chi connectivity index (χ0n) is 11.0. The summed E-state index contributed by atoms with van der Waals surface area (Å²) >= 11 is 6.10. The number of halogens is 1. The number of benzene rings is 1. The fourth-order valence-electron chi connectivity index (χ4n) is 1.77. The third-order valence-electron chi connectivity index (χ3n) is 2.77. The molecule has 0 fully saturated rings. The Hall–Kier alpha value is -2.07. The summed E-state index contributed by atoms with van der Waals surface area (Å²) in [7, 11) is 1.51. The molecule has 0 saturated carbocycles. The van der Waals surface area contributed by atoms with Crippen LogP contribution >= 0.6 is 11.6 Å². The van der Waals surface area contributed by atoms with Crippen molar-refractivity contribution in [1.82, 2.24) is 4.98 Å². The maximum absolute atomic E-state index is 10.8. The van der Waals surface area contributed by atoms with Crippen LogP contribution in [-0.2, 0) is 6.42 Å². The molecule has 0 spiro atoms. The molecular weight excluding hydrogens is 278 g/mol. The van der Waals surface area contributed by atoms with Crippen LogP contribution in [0.3, 0.4) is 0 Å². The van der Waals surface area contributed by atoms with Crippen LogP contribution in [0.5, 0.6) is 11.5 Å². The number of aromatic nitrogens is 1. The Balaban J connectivity index is 2.07. The second-order valence-corrected chi connectivity index (χ2v) is 4.51. The van der Waals surface area contributed by atoms with E-state index in [2.05, 4.69) is 4.98 Å². The van der Waals surface area contributed by atoms with Gasteiger partial charge in [-0.15, -0.1) is 0 Å². The quantitative estimate of drug-likeness (QED) is 0.767. The molecule has 0 amide bonds. The van der Waals surface area contributed by atoms with Crippen molar-refractivity contribution in [2.24, 2.45) is 0 Å². The highest BCUT2D eigenvalue weighted by atomic mass is 35.5. The number of carbonyl (C=O) groups excluding carboxylic acids is 1. The van der Waals surface area contributed by atoms with E-state index >= 15 is 0 Å². The van der Waals surface area contributed by atoms with E-state index in [0.717, 1.165) is 18.3 Å². The lowest BCUT2D eigenvalue weighted by Crippen LogP contribution is -2.03. The lowest BCUT2D eigenvalue weighted by atomic mass is 10.2. The number of hydrogen-bond donors (Lipinski definition) is 0. The van der Waals surface area contributed by atoms with Gasteiger partial charge >= 0.3 is 0 Å². The van der Waals surface area contributed by atoms with Crippen LogP contribution in [0.4, 0.5) is 0 Å². The van der Waals surface area contributed by atoms with Gasteiger partial charge in [0, 0.05) is 24.4 Å². The molecular formula is C15H14ClNO3. The van der Waals surface area contributed by atoms with Crippen LogP contribution < -0.4 is 9.47 Å². The van der Waals surface area contributed by atoms with Gasteiger partial charge in [0.25, 0.3) is 0 Å². The minimum atomic E-state index is 0.362. The maximum atomic E-state index is 10.8. The molecule has 0 unspecified atom stereocenters. The molecule has 0 aliphatic heterocycles. The SMILES string of the molecule is COc1cc(C=O)cc(Cl)c1OCCc1ccncc1. The fraction of sp³-hybridized carbons (Fsp3) is 0.200. The molecule has 1 heterocycles. The number of rotatable bonds is 6. The molecule has 0 bridgehead atoms. The summed E-state index contributed by atoms with van der Waals surface area (Å²) in [5.41, 5.74) is 1.58. The van der Waals surface area contributed by atoms with Gasteiger partial charge in [-0.3, -0.25) is 9.78 Å². The molecule has 0 N–H and O–H groups in total. The van der Waals surface area contributed by atoms with Crippen LogP contribution in [0, 0.1) is 0 Å². The zero-order chi connectivity index (χ0) is 14.4. The third-order valence-corrected chi connectivity index (χ3v) is 3.06. The Kier molecular flexibility index (Phi) is 4.96. The predicted octanol–water partition coefficient (Wildman–Crippen LogP) is 3.18. The van der Waals surface area contributed by atoms with Crippen molar-refractivity contribution < 1.29 is 14.3 Å². The predicted molar refractivity (Wildman–Crippen MR) is 76.8 cm³/mol. The van der Waals surface area contributed by atoms with Gasteiger partial charge in [-0.05, 0) is 29.8 Å². The minimum absolute atomic E-state index is 0.362. The first-order chi connectivity index (χ1) is 9.74. The lowest BCUT2D eigenvalue weighted by Gasteiger charge is -2.13. The molecule has 0 radical (unpaired) electrons. The molecule has 104 valence electrons. The van der Waals surface area contributed by atoms with Crippen molar-refractivity contribution >= 4 is 17.9 Å².